The van der Waals surface area contributed by atoms with Crippen LogP contribution in [0.25, 0.3) is 0 Å². The summed E-state index contributed by atoms with van der Waals surface area (Å²) >= 11 is 0. The minimum absolute atomic E-state index is 0.0207. The minimum Gasteiger partial charge on any atom is -0.341 e. The third-order valence-corrected chi connectivity index (χ3v) is 3.68. The van der Waals surface area contributed by atoms with E-state index in [1.165, 1.54) is 6.42 Å². The Balaban J connectivity index is 2.51. The van der Waals surface area contributed by atoms with Crippen LogP contribution in [0.15, 0.2) is 0 Å². The Morgan fingerprint density at radius 3 is 2.76 bits per heavy atom. The van der Waals surface area contributed by atoms with Gasteiger partial charge in [-0.05, 0) is 31.1 Å². The number of nitrogens with zero attached hydrogens (tertiary/aromatic N) is 1. The summed E-state index contributed by atoms with van der Waals surface area (Å²) in [5, 5.41) is 0. The molecule has 2 atom stereocenters. The SMILES string of the molecule is C#CCC(N)C(=O)N1CCCC(C(C)C)CC1. The summed E-state index contributed by atoms with van der Waals surface area (Å²) in [6.45, 7) is 6.18. The molecule has 0 saturated carbocycles. The van der Waals surface area contributed by atoms with Crippen LogP contribution in [0.4, 0.5) is 0 Å². The molecule has 2 N–H and O–H groups in total. The lowest BCUT2D eigenvalue weighted by Crippen LogP contribution is -2.44. The molecule has 0 bridgehead atoms. The Bertz CT molecular complexity index is 293. The fraction of sp³-hybridized carbons (Fsp3) is 0.786. The van der Waals surface area contributed by atoms with E-state index < -0.39 is 6.04 Å². The van der Waals surface area contributed by atoms with Gasteiger partial charge in [0.25, 0.3) is 0 Å². The fourth-order valence-corrected chi connectivity index (χ4v) is 2.46. The second-order valence-corrected chi connectivity index (χ2v) is 5.28. The molecule has 0 radical (unpaired) electrons. The molecule has 1 aliphatic rings. The van der Waals surface area contributed by atoms with Crippen molar-refractivity contribution >= 4 is 5.91 Å². The summed E-state index contributed by atoms with van der Waals surface area (Å²) in [4.78, 5) is 13.9. The highest BCUT2D eigenvalue weighted by atomic mass is 16.2. The number of hydrogen-bond acceptors (Lipinski definition) is 2. The van der Waals surface area contributed by atoms with Crippen LogP contribution in [0, 0.1) is 24.2 Å². The molecule has 96 valence electrons. The van der Waals surface area contributed by atoms with Gasteiger partial charge >= 0.3 is 0 Å². The van der Waals surface area contributed by atoms with Gasteiger partial charge in [0, 0.05) is 19.5 Å². The lowest BCUT2D eigenvalue weighted by atomic mass is 9.89. The average Bonchev–Trinajstić information content (AvgIpc) is 2.53. The predicted octanol–water partition coefficient (Wildman–Crippen LogP) is 1.62. The van der Waals surface area contributed by atoms with Gasteiger partial charge in [0.15, 0.2) is 0 Å². The van der Waals surface area contributed by atoms with Crippen LogP contribution in [0.5, 0.6) is 0 Å². The van der Waals surface area contributed by atoms with Crippen molar-refractivity contribution in [1.29, 1.82) is 0 Å². The molecule has 0 aromatic heterocycles. The molecule has 1 amide bonds. The van der Waals surface area contributed by atoms with Crippen molar-refractivity contribution < 1.29 is 4.79 Å². The van der Waals surface area contributed by atoms with Crippen molar-refractivity contribution in [3.63, 3.8) is 0 Å². The van der Waals surface area contributed by atoms with Gasteiger partial charge in [0.2, 0.25) is 5.91 Å². The molecule has 0 spiro atoms. The first-order valence-corrected chi connectivity index (χ1v) is 6.54. The van der Waals surface area contributed by atoms with Gasteiger partial charge in [0.1, 0.15) is 0 Å². The second kappa shape index (κ2) is 6.66. The Hall–Kier alpha value is -1.01. The molecule has 1 heterocycles. The van der Waals surface area contributed by atoms with Crippen LogP contribution >= 0.6 is 0 Å². The van der Waals surface area contributed by atoms with E-state index in [1.54, 1.807) is 0 Å². The van der Waals surface area contributed by atoms with Crippen LogP contribution in [0.1, 0.15) is 39.5 Å². The molecule has 3 heteroatoms. The van der Waals surface area contributed by atoms with Crippen molar-refractivity contribution in [2.45, 2.75) is 45.6 Å². The first kappa shape index (κ1) is 14.1. The van der Waals surface area contributed by atoms with Gasteiger partial charge in [0.05, 0.1) is 6.04 Å². The van der Waals surface area contributed by atoms with E-state index >= 15 is 0 Å². The zero-order chi connectivity index (χ0) is 12.8. The third kappa shape index (κ3) is 4.05. The Morgan fingerprint density at radius 1 is 1.47 bits per heavy atom. The molecule has 1 fully saturated rings. The first-order valence-electron chi connectivity index (χ1n) is 6.54. The molecular weight excluding hydrogens is 212 g/mol. The molecule has 3 nitrogen and oxygen atoms in total. The number of carbonyl (C=O) groups is 1. The van der Waals surface area contributed by atoms with E-state index in [2.05, 4.69) is 19.8 Å². The Kier molecular flexibility index (Phi) is 5.50. The quantitative estimate of drug-likeness (QED) is 0.757. The number of carbonyl (C=O) groups excluding carboxylic acids is 1. The van der Waals surface area contributed by atoms with Crippen LogP contribution in [-0.4, -0.2) is 29.9 Å². The van der Waals surface area contributed by atoms with Crippen molar-refractivity contribution in [2.75, 3.05) is 13.1 Å². The normalized spacial score (nSPS) is 23.0. The van der Waals surface area contributed by atoms with Gasteiger partial charge in [-0.15, -0.1) is 12.3 Å². The zero-order valence-corrected chi connectivity index (χ0v) is 11.0. The van der Waals surface area contributed by atoms with Gasteiger partial charge in [-0.2, -0.15) is 0 Å². The van der Waals surface area contributed by atoms with E-state index in [0.717, 1.165) is 31.8 Å². The predicted molar refractivity (Wildman–Crippen MR) is 70.2 cm³/mol. The van der Waals surface area contributed by atoms with Crippen LogP contribution in [0.2, 0.25) is 0 Å². The number of amides is 1. The monoisotopic (exact) mass is 236 g/mol. The number of nitrogens with two attached hydrogens (primary N) is 1. The number of terminal acetylenes is 1. The van der Waals surface area contributed by atoms with Crippen molar-refractivity contribution in [1.82, 2.24) is 4.90 Å². The summed E-state index contributed by atoms with van der Waals surface area (Å²) in [6, 6.07) is -0.518. The highest BCUT2D eigenvalue weighted by molar-refractivity contribution is 5.82. The summed E-state index contributed by atoms with van der Waals surface area (Å²) in [6.07, 6.45) is 8.91. The Labute approximate surface area is 105 Å². The van der Waals surface area contributed by atoms with Gasteiger partial charge in [-0.3, -0.25) is 4.79 Å². The lowest BCUT2D eigenvalue weighted by Gasteiger charge is -2.24. The lowest BCUT2D eigenvalue weighted by molar-refractivity contribution is -0.132. The largest absolute Gasteiger partial charge is 0.341 e. The minimum atomic E-state index is -0.518. The fourth-order valence-electron chi connectivity index (χ4n) is 2.46. The van der Waals surface area contributed by atoms with Crippen molar-refractivity contribution in [2.24, 2.45) is 17.6 Å². The van der Waals surface area contributed by atoms with E-state index in [-0.39, 0.29) is 5.91 Å². The summed E-state index contributed by atoms with van der Waals surface area (Å²) in [7, 11) is 0. The first-order chi connectivity index (χ1) is 8.06. The maximum absolute atomic E-state index is 12.0. The molecule has 1 rings (SSSR count). The number of rotatable bonds is 3. The van der Waals surface area contributed by atoms with E-state index in [1.807, 2.05) is 4.90 Å². The molecule has 0 aromatic rings. The van der Waals surface area contributed by atoms with Gasteiger partial charge in [-0.25, -0.2) is 0 Å². The van der Waals surface area contributed by atoms with Crippen LogP contribution in [-0.2, 0) is 4.79 Å². The summed E-state index contributed by atoms with van der Waals surface area (Å²) in [5.41, 5.74) is 5.77. The smallest absolute Gasteiger partial charge is 0.240 e. The molecule has 0 aliphatic carbocycles. The molecular formula is C14H24N2O. The molecule has 1 aliphatic heterocycles. The highest BCUT2D eigenvalue weighted by Crippen LogP contribution is 2.24. The van der Waals surface area contributed by atoms with E-state index in [4.69, 9.17) is 12.2 Å². The van der Waals surface area contributed by atoms with Gasteiger partial charge < -0.3 is 10.6 Å². The average molecular weight is 236 g/mol. The van der Waals surface area contributed by atoms with Gasteiger partial charge in [-0.1, -0.05) is 13.8 Å². The molecule has 0 aromatic carbocycles. The molecule has 17 heavy (non-hydrogen) atoms. The van der Waals surface area contributed by atoms with Crippen molar-refractivity contribution in [3.05, 3.63) is 0 Å². The second-order valence-electron chi connectivity index (χ2n) is 5.28. The Morgan fingerprint density at radius 2 is 2.18 bits per heavy atom. The third-order valence-electron chi connectivity index (χ3n) is 3.68. The standard InChI is InChI=1S/C14H24N2O/c1-4-6-13(15)14(17)16-9-5-7-12(8-10-16)11(2)3/h1,11-13H,5-10,15H2,2-3H3. The maximum Gasteiger partial charge on any atom is 0.240 e. The van der Waals surface area contributed by atoms with Crippen molar-refractivity contribution in [3.8, 4) is 12.3 Å². The summed E-state index contributed by atoms with van der Waals surface area (Å²) < 4.78 is 0. The number of likely N-dealkylation sites (tertiary alicyclic amines) is 1. The molecule has 1 saturated heterocycles. The highest BCUT2D eigenvalue weighted by Gasteiger charge is 2.25. The topological polar surface area (TPSA) is 46.3 Å². The summed E-state index contributed by atoms with van der Waals surface area (Å²) in [5.74, 6) is 3.91. The molecule has 2 unspecified atom stereocenters. The number of hydrogen-bond donors (Lipinski definition) is 1. The van der Waals surface area contributed by atoms with E-state index in [9.17, 15) is 4.79 Å². The van der Waals surface area contributed by atoms with E-state index in [0.29, 0.717) is 12.3 Å². The maximum atomic E-state index is 12.0. The zero-order valence-electron chi connectivity index (χ0n) is 11.0. The van der Waals surface area contributed by atoms with Crippen LogP contribution in [0.3, 0.4) is 0 Å². The van der Waals surface area contributed by atoms with Crippen LogP contribution < -0.4 is 5.73 Å².